The van der Waals surface area contributed by atoms with Crippen molar-refractivity contribution in [2.45, 2.75) is 25.0 Å². The monoisotopic (exact) mass is 446 g/mol. The van der Waals surface area contributed by atoms with Gasteiger partial charge in [0.05, 0.1) is 18.8 Å². The third kappa shape index (κ3) is 5.79. The van der Waals surface area contributed by atoms with Crippen LogP contribution in [0.3, 0.4) is 0 Å². The molecule has 2 amide bonds. The molecule has 3 aromatic rings. The number of hydrogen-bond donors (Lipinski definition) is 2. The quantitative estimate of drug-likeness (QED) is 0.551. The number of aliphatic hydroxyl groups is 1. The molecule has 1 saturated heterocycles. The van der Waals surface area contributed by atoms with Crippen LogP contribution in [0.25, 0.3) is 0 Å². The first-order chi connectivity index (χ1) is 16.1. The van der Waals surface area contributed by atoms with Crippen molar-refractivity contribution in [3.05, 3.63) is 90.0 Å². The van der Waals surface area contributed by atoms with Crippen molar-refractivity contribution in [3.8, 4) is 0 Å². The second kappa shape index (κ2) is 10.8. The van der Waals surface area contributed by atoms with E-state index in [1.165, 1.54) is 24.2 Å². The topological polar surface area (TPSA) is 105 Å². The molecule has 1 aromatic heterocycles. The van der Waals surface area contributed by atoms with Crippen LogP contribution >= 0.6 is 0 Å². The number of anilines is 1. The standard InChI is InChI=1S/C25H26N4O4/c30-23-17-33-16-22(29(23)14-4-7-18-5-2-1-3-6-18)24(31)19-8-10-20(11-9-19)28-25(32)21-15-26-12-13-27-21/h1-3,5-6,8-13,15,22,24,31H,4,7,14,16-17H2,(H,28,32)/t22-,24-/m1/s1. The van der Waals surface area contributed by atoms with Gasteiger partial charge in [-0.1, -0.05) is 42.5 Å². The fourth-order valence-electron chi connectivity index (χ4n) is 3.87. The van der Waals surface area contributed by atoms with Crippen LogP contribution in [0, 0.1) is 0 Å². The molecule has 170 valence electrons. The Bertz CT molecular complexity index is 1060. The highest BCUT2D eigenvalue weighted by Crippen LogP contribution is 2.26. The Morgan fingerprint density at radius 2 is 1.94 bits per heavy atom. The number of nitrogens with zero attached hydrogens (tertiary/aromatic N) is 3. The van der Waals surface area contributed by atoms with E-state index in [1.54, 1.807) is 29.2 Å². The molecule has 0 aliphatic carbocycles. The molecule has 0 spiro atoms. The van der Waals surface area contributed by atoms with Crippen LogP contribution in [0.2, 0.25) is 0 Å². The van der Waals surface area contributed by atoms with E-state index in [2.05, 4.69) is 27.4 Å². The average molecular weight is 447 g/mol. The van der Waals surface area contributed by atoms with Gasteiger partial charge in [0.1, 0.15) is 18.4 Å². The molecular formula is C25H26N4O4. The maximum atomic E-state index is 12.5. The van der Waals surface area contributed by atoms with Crippen LogP contribution in [-0.2, 0) is 16.0 Å². The number of hydrogen-bond acceptors (Lipinski definition) is 6. The lowest BCUT2D eigenvalue weighted by atomic mass is 9.99. The highest BCUT2D eigenvalue weighted by atomic mass is 16.5. The number of rotatable bonds is 8. The predicted octanol–water partition coefficient (Wildman–Crippen LogP) is 2.62. The van der Waals surface area contributed by atoms with Crippen molar-refractivity contribution in [2.24, 2.45) is 0 Å². The summed E-state index contributed by atoms with van der Waals surface area (Å²) >= 11 is 0. The summed E-state index contributed by atoms with van der Waals surface area (Å²) in [5.74, 6) is -0.488. The minimum absolute atomic E-state index is 0.0297. The molecule has 8 heteroatoms. The first kappa shape index (κ1) is 22.6. The van der Waals surface area contributed by atoms with E-state index < -0.39 is 12.1 Å². The normalized spacial score (nSPS) is 16.9. The van der Waals surface area contributed by atoms with Gasteiger partial charge >= 0.3 is 0 Å². The Kier molecular flexibility index (Phi) is 7.39. The van der Waals surface area contributed by atoms with Crippen molar-refractivity contribution < 1.29 is 19.4 Å². The summed E-state index contributed by atoms with van der Waals surface area (Å²) in [5.41, 5.74) is 2.64. The van der Waals surface area contributed by atoms with E-state index in [4.69, 9.17) is 4.74 Å². The summed E-state index contributed by atoms with van der Waals surface area (Å²) in [4.78, 5) is 34.3. The highest BCUT2D eigenvalue weighted by molar-refractivity contribution is 6.02. The Hall–Kier alpha value is -3.62. The molecule has 2 N–H and O–H groups in total. The number of morpholine rings is 1. The van der Waals surface area contributed by atoms with Crippen molar-refractivity contribution in [1.82, 2.24) is 14.9 Å². The molecule has 33 heavy (non-hydrogen) atoms. The number of benzene rings is 2. The zero-order valence-corrected chi connectivity index (χ0v) is 18.1. The van der Waals surface area contributed by atoms with Crippen LogP contribution in [-0.4, -0.2) is 57.6 Å². The maximum Gasteiger partial charge on any atom is 0.275 e. The number of nitrogens with one attached hydrogen (secondary N) is 1. The Morgan fingerprint density at radius 3 is 2.67 bits per heavy atom. The van der Waals surface area contributed by atoms with Gasteiger partial charge in [-0.15, -0.1) is 0 Å². The van der Waals surface area contributed by atoms with E-state index in [0.29, 0.717) is 17.8 Å². The molecule has 0 radical (unpaired) electrons. The first-order valence-electron chi connectivity index (χ1n) is 10.9. The average Bonchev–Trinajstić information content (AvgIpc) is 2.86. The number of aliphatic hydroxyl groups excluding tert-OH is 1. The van der Waals surface area contributed by atoms with Crippen molar-refractivity contribution in [2.75, 3.05) is 25.1 Å². The number of ether oxygens (including phenoxy) is 1. The summed E-state index contributed by atoms with van der Waals surface area (Å²) in [7, 11) is 0. The largest absolute Gasteiger partial charge is 0.386 e. The highest BCUT2D eigenvalue weighted by Gasteiger charge is 2.34. The number of amides is 2. The Morgan fingerprint density at radius 1 is 1.15 bits per heavy atom. The summed E-state index contributed by atoms with van der Waals surface area (Å²) in [6, 6.07) is 16.5. The Labute approximate surface area is 192 Å². The minimum Gasteiger partial charge on any atom is -0.386 e. The van der Waals surface area contributed by atoms with E-state index in [1.807, 2.05) is 18.2 Å². The molecule has 1 fully saturated rings. The summed E-state index contributed by atoms with van der Waals surface area (Å²) in [6.07, 6.45) is 5.09. The molecule has 0 unspecified atom stereocenters. The van der Waals surface area contributed by atoms with E-state index >= 15 is 0 Å². The number of carbonyl (C=O) groups excluding carboxylic acids is 2. The third-order valence-corrected chi connectivity index (χ3v) is 5.61. The minimum atomic E-state index is -0.907. The molecule has 8 nitrogen and oxygen atoms in total. The molecule has 1 aliphatic rings. The predicted molar refractivity (Wildman–Crippen MR) is 122 cm³/mol. The molecule has 2 heterocycles. The third-order valence-electron chi connectivity index (χ3n) is 5.61. The van der Waals surface area contributed by atoms with Gasteiger partial charge in [0, 0.05) is 24.6 Å². The van der Waals surface area contributed by atoms with Gasteiger partial charge in [-0.3, -0.25) is 14.6 Å². The SMILES string of the molecule is O=C(Nc1ccc([C@@H](O)[C@H]2COCC(=O)N2CCCc2ccccc2)cc1)c1cnccn1. The van der Waals surface area contributed by atoms with Gasteiger partial charge < -0.3 is 20.1 Å². The van der Waals surface area contributed by atoms with Crippen molar-refractivity contribution in [3.63, 3.8) is 0 Å². The summed E-state index contributed by atoms with van der Waals surface area (Å²) in [5, 5.41) is 13.8. The zero-order valence-electron chi connectivity index (χ0n) is 18.1. The second-order valence-electron chi connectivity index (χ2n) is 7.87. The molecule has 2 aromatic carbocycles. The smallest absolute Gasteiger partial charge is 0.275 e. The molecule has 1 aliphatic heterocycles. The van der Waals surface area contributed by atoms with Gasteiger partial charge in [-0.25, -0.2) is 4.98 Å². The van der Waals surface area contributed by atoms with Crippen molar-refractivity contribution in [1.29, 1.82) is 0 Å². The number of aromatic nitrogens is 2. The molecular weight excluding hydrogens is 420 g/mol. The fraction of sp³-hybridized carbons (Fsp3) is 0.280. The molecule has 0 bridgehead atoms. The first-order valence-corrected chi connectivity index (χ1v) is 10.9. The lowest BCUT2D eigenvalue weighted by molar-refractivity contribution is -0.154. The summed E-state index contributed by atoms with van der Waals surface area (Å²) < 4.78 is 5.44. The van der Waals surface area contributed by atoms with Crippen LogP contribution in [0.1, 0.15) is 34.1 Å². The van der Waals surface area contributed by atoms with Crippen LogP contribution < -0.4 is 5.32 Å². The lowest BCUT2D eigenvalue weighted by Crippen LogP contribution is -2.52. The zero-order chi connectivity index (χ0) is 23.0. The molecule has 2 atom stereocenters. The maximum absolute atomic E-state index is 12.5. The van der Waals surface area contributed by atoms with Gasteiger partial charge in [-0.2, -0.15) is 0 Å². The van der Waals surface area contributed by atoms with Crippen LogP contribution in [0.5, 0.6) is 0 Å². The molecule has 4 rings (SSSR count). The van der Waals surface area contributed by atoms with Gasteiger partial charge in [-0.05, 0) is 36.1 Å². The van der Waals surface area contributed by atoms with Crippen LogP contribution in [0.15, 0.2) is 73.2 Å². The molecule has 0 saturated carbocycles. The van der Waals surface area contributed by atoms with Crippen LogP contribution in [0.4, 0.5) is 5.69 Å². The second-order valence-corrected chi connectivity index (χ2v) is 7.87. The number of carbonyl (C=O) groups is 2. The van der Waals surface area contributed by atoms with E-state index in [-0.39, 0.29) is 30.7 Å². The van der Waals surface area contributed by atoms with Gasteiger partial charge in [0.15, 0.2) is 0 Å². The number of aryl methyl sites for hydroxylation is 1. The fourth-order valence-corrected chi connectivity index (χ4v) is 3.87. The Balaban J connectivity index is 1.38. The summed E-state index contributed by atoms with van der Waals surface area (Å²) in [6.45, 7) is 0.844. The van der Waals surface area contributed by atoms with E-state index in [9.17, 15) is 14.7 Å². The van der Waals surface area contributed by atoms with E-state index in [0.717, 1.165) is 12.8 Å². The van der Waals surface area contributed by atoms with Gasteiger partial charge in [0.25, 0.3) is 5.91 Å². The van der Waals surface area contributed by atoms with Crippen molar-refractivity contribution >= 4 is 17.5 Å². The van der Waals surface area contributed by atoms with Gasteiger partial charge in [0.2, 0.25) is 5.91 Å². The lowest BCUT2D eigenvalue weighted by Gasteiger charge is -2.38.